The number of aliphatic hydroxyl groups excluding tert-OH is 3. The van der Waals surface area contributed by atoms with Crippen LogP contribution in [-0.2, 0) is 19.3 Å². The molecule has 0 amide bonds. The van der Waals surface area contributed by atoms with Crippen molar-refractivity contribution in [2.24, 2.45) is 0 Å². The van der Waals surface area contributed by atoms with Crippen LogP contribution in [0.25, 0.3) is 0 Å². The predicted molar refractivity (Wildman–Crippen MR) is 251 cm³/mol. The highest BCUT2D eigenvalue weighted by Gasteiger charge is 2.07. The number of aliphatic hydroxyl groups is 3. The van der Waals surface area contributed by atoms with Gasteiger partial charge in [0.05, 0.1) is 0 Å². The van der Waals surface area contributed by atoms with Gasteiger partial charge in [0.25, 0.3) is 0 Å². The van der Waals surface area contributed by atoms with Crippen LogP contribution in [0.5, 0.6) is 0 Å². The molecule has 0 atom stereocenters. The summed E-state index contributed by atoms with van der Waals surface area (Å²) in [5, 5.41) is 26.9. The molecule has 0 spiro atoms. The Balaban J connectivity index is 0.000000349. The molecule has 3 heteroatoms. The molecule has 7 aromatic carbocycles. The van der Waals surface area contributed by atoms with Gasteiger partial charge in [0.2, 0.25) is 0 Å². The fourth-order valence-corrected chi connectivity index (χ4v) is 5.15. The largest absolute Gasteiger partial charge is 0.396 e. The maximum absolute atomic E-state index is 8.99. The van der Waals surface area contributed by atoms with Crippen LogP contribution in [-0.4, -0.2) is 35.1 Å². The maximum Gasteiger partial charge on any atom is 0.0471 e. The maximum atomic E-state index is 8.99. The van der Waals surface area contributed by atoms with Gasteiger partial charge in [-0.05, 0) is 90.0 Å². The summed E-state index contributed by atoms with van der Waals surface area (Å²) in [6.07, 6.45) is 1.88. The van der Waals surface area contributed by atoms with Crippen LogP contribution >= 0.6 is 0 Å². The van der Waals surface area contributed by atoms with Crippen LogP contribution in [0.15, 0.2) is 194 Å². The van der Waals surface area contributed by atoms with Crippen LogP contribution < -0.4 is 0 Å². The molecule has 0 aliphatic heterocycles. The van der Waals surface area contributed by atoms with E-state index in [4.69, 9.17) is 15.3 Å². The third-order valence-corrected chi connectivity index (χ3v) is 8.49. The Kier molecular flexibility index (Phi) is 29.2. The van der Waals surface area contributed by atoms with Crippen molar-refractivity contribution in [1.82, 2.24) is 0 Å². The lowest BCUT2D eigenvalue weighted by Gasteiger charge is -2.13. The second kappa shape index (κ2) is 33.5. The van der Waals surface area contributed by atoms with Gasteiger partial charge in [0.1, 0.15) is 0 Å². The lowest BCUT2D eigenvalue weighted by atomic mass is 9.94. The number of hydrogen-bond donors (Lipinski definition) is 3. The van der Waals surface area contributed by atoms with Crippen molar-refractivity contribution < 1.29 is 15.3 Å². The van der Waals surface area contributed by atoms with Gasteiger partial charge in [-0.2, -0.15) is 0 Å². The van der Waals surface area contributed by atoms with Gasteiger partial charge in [0.15, 0.2) is 0 Å². The van der Waals surface area contributed by atoms with E-state index in [1.54, 1.807) is 0 Å². The molecule has 7 rings (SSSR count). The summed E-state index contributed by atoms with van der Waals surface area (Å²) in [4.78, 5) is 0. The lowest BCUT2D eigenvalue weighted by molar-refractivity contribution is 0.296. The number of rotatable bonds is 6. The molecule has 306 valence electrons. The molecule has 0 aliphatic carbocycles. The van der Waals surface area contributed by atoms with Gasteiger partial charge in [-0.15, -0.1) is 0 Å². The van der Waals surface area contributed by atoms with Gasteiger partial charge in [-0.3, -0.25) is 0 Å². The highest BCUT2D eigenvalue weighted by atomic mass is 16.3. The highest BCUT2D eigenvalue weighted by Crippen LogP contribution is 2.19. The molecular formula is C55H68O3. The molecule has 0 saturated heterocycles. The minimum absolute atomic E-state index is 0.125. The van der Waals surface area contributed by atoms with E-state index >= 15 is 0 Å². The molecule has 7 aromatic rings. The van der Waals surface area contributed by atoms with Gasteiger partial charge in [0, 0.05) is 19.8 Å². The Morgan fingerprint density at radius 1 is 0.276 bits per heavy atom. The number of hydrogen-bond acceptors (Lipinski definition) is 3. The zero-order valence-electron chi connectivity index (χ0n) is 36.1. The number of benzene rings is 7. The fraction of sp³-hybridized carbons (Fsp3) is 0.236. The molecule has 0 aliphatic rings. The van der Waals surface area contributed by atoms with Crippen LogP contribution in [0.1, 0.15) is 55.6 Å². The molecule has 0 unspecified atom stereocenters. The zero-order chi connectivity index (χ0) is 42.6. The van der Waals surface area contributed by atoms with Crippen LogP contribution in [0, 0.1) is 48.5 Å². The molecule has 3 nitrogen and oxygen atoms in total. The van der Waals surface area contributed by atoms with Crippen LogP contribution in [0.4, 0.5) is 0 Å². The molecule has 58 heavy (non-hydrogen) atoms. The van der Waals surface area contributed by atoms with Crippen molar-refractivity contribution in [3.8, 4) is 0 Å². The molecule has 0 heterocycles. The summed E-state index contributed by atoms with van der Waals surface area (Å²) in [5.74, 6) is 0. The molecule has 0 fully saturated rings. The second-order valence-corrected chi connectivity index (χ2v) is 13.9. The summed E-state index contributed by atoms with van der Waals surface area (Å²) in [6.45, 7) is 14.9. The fourth-order valence-electron chi connectivity index (χ4n) is 5.15. The normalized spacial score (nSPS) is 9.28. The summed E-state index contributed by atoms with van der Waals surface area (Å²) in [6, 6.07) is 65.6. The second-order valence-electron chi connectivity index (χ2n) is 13.9. The standard InChI is InChI=1S/C13H20O3.6C7H8/c1-10-12(3-6-15)8-11(2-5-14)9-13(10)4-7-16;6*1-7-5-3-2-4-6-7/h8-9,14-16H,2-7H2,1H3;6*2-6H,1H3. The molecular weight excluding hydrogens is 709 g/mol. The Bertz CT molecular complexity index is 1610. The minimum atomic E-state index is 0.125. The molecule has 0 aromatic heterocycles. The van der Waals surface area contributed by atoms with Crippen molar-refractivity contribution >= 4 is 0 Å². The van der Waals surface area contributed by atoms with Crippen molar-refractivity contribution in [1.29, 1.82) is 0 Å². The van der Waals surface area contributed by atoms with E-state index in [0.29, 0.717) is 19.3 Å². The van der Waals surface area contributed by atoms with E-state index in [9.17, 15) is 0 Å². The van der Waals surface area contributed by atoms with E-state index in [0.717, 1.165) is 22.3 Å². The topological polar surface area (TPSA) is 60.7 Å². The van der Waals surface area contributed by atoms with Crippen molar-refractivity contribution in [3.05, 3.63) is 250 Å². The van der Waals surface area contributed by atoms with E-state index in [2.05, 4.69) is 114 Å². The van der Waals surface area contributed by atoms with Crippen molar-refractivity contribution in [2.45, 2.75) is 67.7 Å². The van der Waals surface area contributed by atoms with Crippen LogP contribution in [0.3, 0.4) is 0 Å². The first-order valence-electron chi connectivity index (χ1n) is 20.1. The lowest BCUT2D eigenvalue weighted by Crippen LogP contribution is -2.04. The quantitative estimate of drug-likeness (QED) is 0.158. The number of aryl methyl sites for hydroxylation is 6. The smallest absolute Gasteiger partial charge is 0.0471 e. The van der Waals surface area contributed by atoms with E-state index in [1.165, 1.54) is 33.4 Å². The van der Waals surface area contributed by atoms with E-state index in [1.807, 2.05) is 128 Å². The molecule has 0 saturated carbocycles. The Labute approximate surface area is 351 Å². The van der Waals surface area contributed by atoms with Gasteiger partial charge in [-0.25, -0.2) is 0 Å². The first-order chi connectivity index (χ1) is 28.1. The predicted octanol–water partition coefficient (Wildman–Crippen LogP) is 12.6. The summed E-state index contributed by atoms with van der Waals surface area (Å²) in [7, 11) is 0. The monoisotopic (exact) mass is 777 g/mol. The van der Waals surface area contributed by atoms with E-state index < -0.39 is 0 Å². The van der Waals surface area contributed by atoms with Crippen molar-refractivity contribution in [2.75, 3.05) is 19.8 Å². The SMILES string of the molecule is Cc1c(CCO)cc(CCO)cc1CCO.Cc1ccccc1.Cc1ccccc1.Cc1ccccc1.Cc1ccccc1.Cc1ccccc1.Cc1ccccc1. The van der Waals surface area contributed by atoms with Gasteiger partial charge < -0.3 is 15.3 Å². The Morgan fingerprint density at radius 3 is 0.603 bits per heavy atom. The third-order valence-electron chi connectivity index (χ3n) is 8.49. The average molecular weight is 777 g/mol. The van der Waals surface area contributed by atoms with Gasteiger partial charge >= 0.3 is 0 Å². The third kappa shape index (κ3) is 27.1. The van der Waals surface area contributed by atoms with Gasteiger partial charge in [-0.1, -0.05) is 228 Å². The van der Waals surface area contributed by atoms with Crippen molar-refractivity contribution in [3.63, 3.8) is 0 Å². The summed E-state index contributed by atoms with van der Waals surface area (Å²) < 4.78 is 0. The highest BCUT2D eigenvalue weighted by molar-refractivity contribution is 5.39. The summed E-state index contributed by atoms with van der Waals surface area (Å²) in [5.41, 5.74) is 12.4. The first kappa shape index (κ1) is 50.4. The Hall–Kier alpha value is -5.58. The van der Waals surface area contributed by atoms with E-state index in [-0.39, 0.29) is 19.8 Å². The molecule has 0 bridgehead atoms. The average Bonchev–Trinajstić information content (AvgIpc) is 3.23. The minimum Gasteiger partial charge on any atom is -0.396 e. The Morgan fingerprint density at radius 2 is 0.466 bits per heavy atom. The zero-order valence-corrected chi connectivity index (χ0v) is 36.1. The molecule has 0 radical (unpaired) electrons. The summed E-state index contributed by atoms with van der Waals surface area (Å²) >= 11 is 0. The van der Waals surface area contributed by atoms with Crippen LogP contribution in [0.2, 0.25) is 0 Å². The molecule has 3 N–H and O–H groups in total. The first-order valence-corrected chi connectivity index (χ1v) is 20.1.